The first-order valence-electron chi connectivity index (χ1n) is 4.96. The van der Waals surface area contributed by atoms with Crippen molar-refractivity contribution in [1.82, 2.24) is 14.8 Å². The molecule has 5 nitrogen and oxygen atoms in total. The molecule has 0 fully saturated rings. The average Bonchev–Trinajstić information content (AvgIpc) is 2.82. The van der Waals surface area contributed by atoms with Gasteiger partial charge in [-0.15, -0.1) is 11.3 Å². The van der Waals surface area contributed by atoms with Gasteiger partial charge in [-0.3, -0.25) is 0 Å². The number of aryl methyl sites for hydroxylation is 2. The maximum atomic E-state index is 5.61. The molecule has 0 saturated heterocycles. The second-order valence-electron chi connectivity index (χ2n) is 3.47. The second kappa shape index (κ2) is 4.63. The molecule has 0 aliphatic rings. The van der Waals surface area contributed by atoms with Gasteiger partial charge >= 0.3 is 0 Å². The first kappa shape index (κ1) is 11.1. The van der Waals surface area contributed by atoms with E-state index in [0.717, 1.165) is 22.3 Å². The van der Waals surface area contributed by atoms with Crippen molar-refractivity contribution in [2.45, 2.75) is 20.1 Å². The summed E-state index contributed by atoms with van der Waals surface area (Å²) in [6, 6.07) is 1.90. The van der Waals surface area contributed by atoms with Gasteiger partial charge in [0.25, 0.3) is 0 Å². The molecule has 2 heterocycles. The molecule has 2 rings (SSSR count). The van der Waals surface area contributed by atoms with Gasteiger partial charge in [-0.25, -0.2) is 9.67 Å². The van der Waals surface area contributed by atoms with Crippen molar-refractivity contribution >= 4 is 11.3 Å². The minimum atomic E-state index is 0.454. The average molecular weight is 238 g/mol. The van der Waals surface area contributed by atoms with Crippen LogP contribution in [0, 0.1) is 6.92 Å². The molecular formula is C10H14N4OS. The molecule has 0 bridgehead atoms. The van der Waals surface area contributed by atoms with Crippen molar-refractivity contribution in [3.63, 3.8) is 0 Å². The predicted molar refractivity (Wildman–Crippen MR) is 62.3 cm³/mol. The van der Waals surface area contributed by atoms with Gasteiger partial charge in [0.2, 0.25) is 5.88 Å². The molecule has 86 valence electrons. The fourth-order valence-corrected chi connectivity index (χ4v) is 2.04. The summed E-state index contributed by atoms with van der Waals surface area (Å²) in [5.74, 6) is 0.750. The Balaban J connectivity index is 1.99. The Kier molecular flexibility index (Phi) is 3.21. The lowest BCUT2D eigenvalue weighted by Gasteiger charge is -2.02. The van der Waals surface area contributed by atoms with Crippen molar-refractivity contribution in [1.29, 1.82) is 0 Å². The van der Waals surface area contributed by atoms with Crippen LogP contribution in [-0.4, -0.2) is 14.8 Å². The Morgan fingerprint density at radius 2 is 2.38 bits per heavy atom. The van der Waals surface area contributed by atoms with E-state index in [1.165, 1.54) is 0 Å². The van der Waals surface area contributed by atoms with Crippen LogP contribution in [0.4, 0.5) is 0 Å². The van der Waals surface area contributed by atoms with Crippen LogP contribution in [0.25, 0.3) is 0 Å². The summed E-state index contributed by atoms with van der Waals surface area (Å²) in [6.07, 6.45) is 0. The first-order chi connectivity index (χ1) is 7.69. The van der Waals surface area contributed by atoms with E-state index in [9.17, 15) is 0 Å². The topological polar surface area (TPSA) is 66.0 Å². The van der Waals surface area contributed by atoms with Crippen LogP contribution >= 0.6 is 11.3 Å². The normalized spacial score (nSPS) is 10.7. The van der Waals surface area contributed by atoms with E-state index in [0.29, 0.717) is 13.2 Å². The molecule has 6 heteroatoms. The molecule has 2 aromatic heterocycles. The highest BCUT2D eigenvalue weighted by Gasteiger charge is 2.05. The van der Waals surface area contributed by atoms with Crippen LogP contribution in [0.3, 0.4) is 0 Å². The van der Waals surface area contributed by atoms with Gasteiger partial charge in [0.15, 0.2) is 0 Å². The van der Waals surface area contributed by atoms with Gasteiger partial charge in [0.1, 0.15) is 11.6 Å². The Bertz CT molecular complexity index is 477. The Morgan fingerprint density at radius 1 is 1.56 bits per heavy atom. The minimum Gasteiger partial charge on any atom is -0.471 e. The van der Waals surface area contributed by atoms with E-state index in [1.54, 1.807) is 16.0 Å². The Morgan fingerprint density at radius 3 is 2.94 bits per heavy atom. The highest BCUT2D eigenvalue weighted by atomic mass is 32.1. The number of rotatable bonds is 4. The van der Waals surface area contributed by atoms with Crippen molar-refractivity contribution in [2.75, 3.05) is 0 Å². The number of hydrogen-bond donors (Lipinski definition) is 1. The maximum Gasteiger partial charge on any atom is 0.212 e. The van der Waals surface area contributed by atoms with E-state index in [1.807, 2.05) is 25.4 Å². The molecule has 2 N–H and O–H groups in total. The van der Waals surface area contributed by atoms with E-state index >= 15 is 0 Å². The van der Waals surface area contributed by atoms with Crippen molar-refractivity contribution in [3.8, 4) is 5.88 Å². The largest absolute Gasteiger partial charge is 0.471 e. The number of nitrogens with two attached hydrogens (primary N) is 1. The fraction of sp³-hybridized carbons (Fsp3) is 0.400. The summed E-state index contributed by atoms with van der Waals surface area (Å²) in [6.45, 7) is 2.87. The Hall–Kier alpha value is -1.40. The van der Waals surface area contributed by atoms with Gasteiger partial charge in [-0.2, -0.15) is 5.10 Å². The quantitative estimate of drug-likeness (QED) is 0.869. The zero-order valence-corrected chi connectivity index (χ0v) is 10.1. The highest BCUT2D eigenvalue weighted by Crippen LogP contribution is 2.15. The molecule has 0 aliphatic carbocycles. The van der Waals surface area contributed by atoms with Crippen LogP contribution in [0.1, 0.15) is 16.4 Å². The molecule has 0 aliphatic heterocycles. The predicted octanol–water partition coefficient (Wildman–Crippen LogP) is 1.22. The molecule has 0 atom stereocenters. The van der Waals surface area contributed by atoms with Gasteiger partial charge in [-0.05, 0) is 6.92 Å². The lowest BCUT2D eigenvalue weighted by atomic mass is 10.5. The smallest absolute Gasteiger partial charge is 0.212 e. The van der Waals surface area contributed by atoms with Crippen molar-refractivity contribution < 1.29 is 4.74 Å². The molecule has 0 aromatic carbocycles. The molecule has 0 unspecified atom stereocenters. The van der Waals surface area contributed by atoms with E-state index in [2.05, 4.69) is 10.1 Å². The van der Waals surface area contributed by atoms with Crippen LogP contribution < -0.4 is 10.5 Å². The number of ether oxygens (including phenoxy) is 1. The van der Waals surface area contributed by atoms with Crippen LogP contribution in [0.5, 0.6) is 5.88 Å². The summed E-state index contributed by atoms with van der Waals surface area (Å²) in [7, 11) is 1.86. The standard InChI is InChI=1S/C10H14N4OS/c1-7-3-10(14(2)13-7)15-5-8-6-16-9(4-11)12-8/h3,6H,4-5,11H2,1-2H3. The van der Waals surface area contributed by atoms with Crippen molar-refractivity contribution in [3.05, 3.63) is 27.8 Å². The fourth-order valence-electron chi connectivity index (χ4n) is 1.38. The van der Waals surface area contributed by atoms with E-state index < -0.39 is 0 Å². The Labute approximate surface area is 97.9 Å². The van der Waals surface area contributed by atoms with Crippen molar-refractivity contribution in [2.24, 2.45) is 12.8 Å². The third-order valence-corrected chi connectivity index (χ3v) is 3.02. The minimum absolute atomic E-state index is 0.454. The van der Waals surface area contributed by atoms with Gasteiger partial charge in [0.05, 0.1) is 11.4 Å². The van der Waals surface area contributed by atoms with E-state index in [-0.39, 0.29) is 0 Å². The zero-order valence-electron chi connectivity index (χ0n) is 9.30. The number of nitrogens with zero attached hydrogens (tertiary/aromatic N) is 3. The molecule has 0 amide bonds. The van der Waals surface area contributed by atoms with Gasteiger partial charge in [0, 0.05) is 25.0 Å². The molecule has 16 heavy (non-hydrogen) atoms. The number of thiazole rings is 1. The van der Waals surface area contributed by atoms with E-state index in [4.69, 9.17) is 10.5 Å². The van der Waals surface area contributed by atoms with Crippen LogP contribution in [0.2, 0.25) is 0 Å². The molecule has 2 aromatic rings. The third-order valence-electron chi connectivity index (χ3n) is 2.10. The third kappa shape index (κ3) is 2.40. The zero-order chi connectivity index (χ0) is 11.5. The summed E-state index contributed by atoms with van der Waals surface area (Å²) in [5, 5.41) is 7.09. The lowest BCUT2D eigenvalue weighted by Crippen LogP contribution is -2.02. The molecule has 0 saturated carbocycles. The first-order valence-corrected chi connectivity index (χ1v) is 5.84. The number of aromatic nitrogens is 3. The van der Waals surface area contributed by atoms with Gasteiger partial charge < -0.3 is 10.5 Å². The summed E-state index contributed by atoms with van der Waals surface area (Å²) in [5.41, 5.74) is 7.34. The summed E-state index contributed by atoms with van der Waals surface area (Å²) >= 11 is 1.56. The highest BCUT2D eigenvalue weighted by molar-refractivity contribution is 7.09. The SMILES string of the molecule is Cc1cc(OCc2csc(CN)n2)n(C)n1. The lowest BCUT2D eigenvalue weighted by molar-refractivity contribution is 0.275. The molecule has 0 spiro atoms. The second-order valence-corrected chi connectivity index (χ2v) is 4.42. The summed E-state index contributed by atoms with van der Waals surface area (Å²) in [4.78, 5) is 4.32. The van der Waals surface area contributed by atoms with Crippen LogP contribution in [-0.2, 0) is 20.2 Å². The van der Waals surface area contributed by atoms with Crippen LogP contribution in [0.15, 0.2) is 11.4 Å². The maximum absolute atomic E-state index is 5.61. The monoisotopic (exact) mass is 238 g/mol. The molecular weight excluding hydrogens is 224 g/mol. The number of hydrogen-bond acceptors (Lipinski definition) is 5. The van der Waals surface area contributed by atoms with Gasteiger partial charge in [-0.1, -0.05) is 0 Å². The summed E-state index contributed by atoms with van der Waals surface area (Å²) < 4.78 is 7.32. The molecule has 0 radical (unpaired) electrons.